The molecule has 0 unspecified atom stereocenters. The lowest BCUT2D eigenvalue weighted by Gasteiger charge is -2.14. The zero-order valence-electron chi connectivity index (χ0n) is 9.61. The average Bonchev–Trinajstić information content (AvgIpc) is 2.25. The molecule has 0 spiro atoms. The maximum absolute atomic E-state index is 12.7. The van der Waals surface area contributed by atoms with Crippen LogP contribution < -0.4 is 0 Å². The van der Waals surface area contributed by atoms with Gasteiger partial charge in [0.25, 0.3) is 0 Å². The summed E-state index contributed by atoms with van der Waals surface area (Å²) in [5.74, 6) is -0.551. The Hall–Kier alpha value is -0.700. The van der Waals surface area contributed by atoms with Crippen molar-refractivity contribution in [3.05, 3.63) is 29.3 Å². The minimum absolute atomic E-state index is 0.166. The molecule has 0 aliphatic rings. The number of benzene rings is 1. The van der Waals surface area contributed by atoms with Crippen molar-refractivity contribution in [3.63, 3.8) is 0 Å². The van der Waals surface area contributed by atoms with Gasteiger partial charge in [0.05, 0.1) is 10.9 Å². The average molecular weight is 381 g/mol. The molecule has 0 saturated heterocycles. The second-order valence-electron chi connectivity index (χ2n) is 3.71. The van der Waals surface area contributed by atoms with Gasteiger partial charge in [-0.1, -0.05) is 15.9 Å². The number of ketones is 1. The van der Waals surface area contributed by atoms with E-state index in [1.165, 1.54) is 0 Å². The highest BCUT2D eigenvalue weighted by atomic mass is 79.9. The van der Waals surface area contributed by atoms with E-state index in [2.05, 4.69) is 15.9 Å². The van der Waals surface area contributed by atoms with Crippen LogP contribution in [0.15, 0.2) is 23.1 Å². The summed E-state index contributed by atoms with van der Waals surface area (Å²) in [6.07, 6.45) is -5.30. The molecule has 0 aliphatic carbocycles. The Balaban J connectivity index is 3.18. The summed E-state index contributed by atoms with van der Waals surface area (Å²) in [6.45, 7) is 0. The number of hydrogen-bond acceptors (Lipinski definition) is 2. The standard InChI is InChI=1S/C11H7BrF6OS/c12-5-7(19)3-6-4-8(20-11(16,17)18)1-2-9(6)10(13,14)15/h1-2,4H,3,5H2. The van der Waals surface area contributed by atoms with Gasteiger partial charge in [0.15, 0.2) is 0 Å². The molecule has 1 aromatic rings. The molecule has 0 aliphatic heterocycles. The molecule has 0 radical (unpaired) electrons. The van der Waals surface area contributed by atoms with Crippen molar-refractivity contribution in [2.45, 2.75) is 23.0 Å². The van der Waals surface area contributed by atoms with Crippen LogP contribution in [0.5, 0.6) is 0 Å². The summed E-state index contributed by atoms with van der Waals surface area (Å²) < 4.78 is 74.8. The van der Waals surface area contributed by atoms with Crippen LogP contribution in [0, 0.1) is 0 Å². The van der Waals surface area contributed by atoms with E-state index in [0.717, 1.165) is 12.1 Å². The molecule has 112 valence electrons. The Labute approximate surface area is 122 Å². The third kappa shape index (κ3) is 5.35. The van der Waals surface area contributed by atoms with E-state index in [9.17, 15) is 31.1 Å². The van der Waals surface area contributed by atoms with Crippen molar-refractivity contribution in [2.24, 2.45) is 0 Å². The van der Waals surface area contributed by atoms with Crippen LogP contribution in [0.2, 0.25) is 0 Å². The topological polar surface area (TPSA) is 17.1 Å². The zero-order chi connectivity index (χ0) is 15.6. The summed E-state index contributed by atoms with van der Waals surface area (Å²) >= 11 is 2.28. The summed E-state index contributed by atoms with van der Waals surface area (Å²) in [6, 6.07) is 2.05. The predicted molar refractivity (Wildman–Crippen MR) is 65.9 cm³/mol. The monoisotopic (exact) mass is 380 g/mol. The van der Waals surface area contributed by atoms with Gasteiger partial charge in [-0.05, 0) is 35.5 Å². The largest absolute Gasteiger partial charge is 0.446 e. The molecule has 1 aromatic carbocycles. The Bertz CT molecular complexity index is 497. The Kier molecular flexibility index (Phi) is 5.54. The number of thioether (sulfide) groups is 1. The lowest BCUT2D eigenvalue weighted by atomic mass is 10.0. The maximum atomic E-state index is 12.7. The van der Waals surface area contributed by atoms with Crippen LogP contribution in [0.4, 0.5) is 26.3 Å². The molecule has 0 fully saturated rings. The molecule has 9 heteroatoms. The molecular weight excluding hydrogens is 374 g/mol. The summed E-state index contributed by atoms with van der Waals surface area (Å²) in [5, 5.41) is -0.166. The lowest BCUT2D eigenvalue weighted by Crippen LogP contribution is -2.13. The fraction of sp³-hybridized carbons (Fsp3) is 0.364. The second kappa shape index (κ2) is 6.38. The first-order chi connectivity index (χ1) is 9.03. The van der Waals surface area contributed by atoms with Gasteiger partial charge < -0.3 is 0 Å². The van der Waals surface area contributed by atoms with Crippen molar-refractivity contribution in [1.29, 1.82) is 0 Å². The van der Waals surface area contributed by atoms with Crippen LogP contribution in [-0.4, -0.2) is 16.6 Å². The first-order valence-electron chi connectivity index (χ1n) is 5.06. The van der Waals surface area contributed by atoms with E-state index in [1.807, 2.05) is 0 Å². The second-order valence-corrected chi connectivity index (χ2v) is 5.41. The third-order valence-electron chi connectivity index (χ3n) is 2.15. The van der Waals surface area contributed by atoms with Crippen molar-refractivity contribution >= 4 is 33.5 Å². The number of hydrogen-bond donors (Lipinski definition) is 0. The van der Waals surface area contributed by atoms with Crippen LogP contribution in [0.1, 0.15) is 11.1 Å². The van der Waals surface area contributed by atoms with Gasteiger partial charge >= 0.3 is 11.7 Å². The van der Waals surface area contributed by atoms with Crippen LogP contribution >= 0.6 is 27.7 Å². The zero-order valence-corrected chi connectivity index (χ0v) is 12.0. The number of Topliss-reactive ketones (excluding diaryl/α,β-unsaturated/α-hetero) is 1. The van der Waals surface area contributed by atoms with Gasteiger partial charge in [-0.15, -0.1) is 0 Å². The summed E-state index contributed by atoms with van der Waals surface area (Å²) in [7, 11) is 0. The number of carbonyl (C=O) groups is 1. The lowest BCUT2D eigenvalue weighted by molar-refractivity contribution is -0.138. The Morgan fingerprint density at radius 2 is 1.75 bits per heavy atom. The molecule has 0 saturated carbocycles. The van der Waals surface area contributed by atoms with Crippen LogP contribution in [-0.2, 0) is 17.4 Å². The first kappa shape index (κ1) is 17.4. The smallest absolute Gasteiger partial charge is 0.298 e. The molecule has 1 rings (SSSR count). The molecule has 0 amide bonds. The van der Waals surface area contributed by atoms with Gasteiger partial charge in [-0.25, -0.2) is 0 Å². The number of alkyl halides is 7. The van der Waals surface area contributed by atoms with Gasteiger partial charge in [-0.2, -0.15) is 26.3 Å². The van der Waals surface area contributed by atoms with E-state index in [4.69, 9.17) is 0 Å². The SMILES string of the molecule is O=C(CBr)Cc1cc(SC(F)(F)F)ccc1C(F)(F)F. The van der Waals surface area contributed by atoms with Crippen LogP contribution in [0.25, 0.3) is 0 Å². The highest BCUT2D eigenvalue weighted by Crippen LogP contribution is 2.40. The highest BCUT2D eigenvalue weighted by Gasteiger charge is 2.35. The van der Waals surface area contributed by atoms with E-state index in [1.54, 1.807) is 0 Å². The minimum atomic E-state index is -4.72. The maximum Gasteiger partial charge on any atom is 0.446 e. The molecule has 0 bridgehead atoms. The first-order valence-corrected chi connectivity index (χ1v) is 7.00. The van der Waals surface area contributed by atoms with Crippen molar-refractivity contribution in [1.82, 2.24) is 0 Å². The van der Waals surface area contributed by atoms with Crippen molar-refractivity contribution < 1.29 is 31.1 Å². The fourth-order valence-electron chi connectivity index (χ4n) is 1.45. The van der Waals surface area contributed by atoms with Crippen molar-refractivity contribution in [3.8, 4) is 0 Å². The molecule has 0 heterocycles. The van der Waals surface area contributed by atoms with E-state index >= 15 is 0 Å². The van der Waals surface area contributed by atoms with Crippen LogP contribution in [0.3, 0.4) is 0 Å². The minimum Gasteiger partial charge on any atom is -0.298 e. The normalized spacial score (nSPS) is 12.6. The molecular formula is C11H7BrF6OS. The molecule has 0 aromatic heterocycles. The number of halogens is 7. The van der Waals surface area contributed by atoms with Gasteiger partial charge in [0, 0.05) is 11.3 Å². The summed E-state index contributed by atoms with van der Waals surface area (Å²) in [4.78, 5) is 10.8. The number of carbonyl (C=O) groups excluding carboxylic acids is 1. The molecule has 0 atom stereocenters. The summed E-state index contributed by atoms with van der Waals surface area (Å²) in [5.41, 5.74) is -6.16. The van der Waals surface area contributed by atoms with Gasteiger partial charge in [-0.3, -0.25) is 4.79 Å². The third-order valence-corrected chi connectivity index (χ3v) is 3.50. The fourth-order valence-corrected chi connectivity index (χ4v) is 2.25. The van der Waals surface area contributed by atoms with E-state index in [0.29, 0.717) is 6.07 Å². The van der Waals surface area contributed by atoms with Gasteiger partial charge in [0.2, 0.25) is 0 Å². The van der Waals surface area contributed by atoms with E-state index < -0.39 is 46.8 Å². The van der Waals surface area contributed by atoms with E-state index in [-0.39, 0.29) is 10.2 Å². The number of rotatable bonds is 4. The predicted octanol–water partition coefficient (Wildman–Crippen LogP) is 4.82. The Morgan fingerprint density at radius 3 is 2.20 bits per heavy atom. The highest BCUT2D eigenvalue weighted by molar-refractivity contribution is 9.09. The van der Waals surface area contributed by atoms with Gasteiger partial charge in [0.1, 0.15) is 5.78 Å². The molecule has 0 N–H and O–H groups in total. The molecule has 20 heavy (non-hydrogen) atoms. The Morgan fingerprint density at radius 1 is 1.15 bits per heavy atom. The van der Waals surface area contributed by atoms with Crippen molar-refractivity contribution in [2.75, 3.05) is 5.33 Å². The molecule has 1 nitrogen and oxygen atoms in total. The quantitative estimate of drug-likeness (QED) is 0.423.